The van der Waals surface area contributed by atoms with E-state index in [0.717, 1.165) is 25.1 Å². The first kappa shape index (κ1) is 17.6. The molecule has 0 aliphatic rings. The molecule has 4 heteroatoms. The molecule has 1 atom stereocenters. The van der Waals surface area contributed by atoms with E-state index in [4.69, 9.17) is 4.74 Å². The molecule has 25 heavy (non-hydrogen) atoms. The maximum absolute atomic E-state index is 5.24. The molecule has 0 aliphatic carbocycles. The molecule has 2 aromatic carbocycles. The molecule has 0 fully saturated rings. The van der Waals surface area contributed by atoms with Crippen LogP contribution in [0.15, 0.2) is 72.1 Å². The van der Waals surface area contributed by atoms with Gasteiger partial charge in [-0.3, -0.25) is 0 Å². The summed E-state index contributed by atoms with van der Waals surface area (Å²) in [7, 11) is 1.70. The van der Waals surface area contributed by atoms with Crippen molar-refractivity contribution in [1.82, 2.24) is 9.55 Å². The van der Waals surface area contributed by atoms with E-state index < -0.39 is 0 Å². The summed E-state index contributed by atoms with van der Waals surface area (Å²) in [4.78, 5) is 5.50. The van der Waals surface area contributed by atoms with Gasteiger partial charge in [-0.25, -0.2) is 4.98 Å². The van der Waals surface area contributed by atoms with Gasteiger partial charge < -0.3 is 9.30 Å². The van der Waals surface area contributed by atoms with Crippen LogP contribution in [0.2, 0.25) is 0 Å². The zero-order valence-electron chi connectivity index (χ0n) is 14.8. The minimum Gasteiger partial charge on any atom is -0.497 e. The third-order valence-electron chi connectivity index (χ3n) is 4.21. The molecule has 0 aliphatic heterocycles. The molecule has 1 heterocycles. The van der Waals surface area contributed by atoms with Crippen LogP contribution < -0.4 is 4.74 Å². The van der Waals surface area contributed by atoms with Crippen molar-refractivity contribution in [1.29, 1.82) is 0 Å². The molecule has 0 N–H and O–H groups in total. The predicted octanol–water partition coefficient (Wildman–Crippen LogP) is 4.99. The second-order valence-electron chi connectivity index (χ2n) is 6.20. The second kappa shape index (κ2) is 8.77. The highest BCUT2D eigenvalue weighted by molar-refractivity contribution is 8.00. The van der Waals surface area contributed by atoms with Gasteiger partial charge in [-0.15, -0.1) is 11.8 Å². The fourth-order valence-electron chi connectivity index (χ4n) is 2.75. The van der Waals surface area contributed by atoms with Crippen LogP contribution in [0.1, 0.15) is 17.5 Å². The third kappa shape index (κ3) is 5.40. The van der Waals surface area contributed by atoms with E-state index in [0.29, 0.717) is 5.25 Å². The Morgan fingerprint density at radius 2 is 1.84 bits per heavy atom. The molecule has 3 nitrogen and oxygen atoms in total. The standard InChI is InChI=1S/C21H24N2OS/c1-17-3-10-20(11-4-17)25-21(15-23-14-13-22-16-23)12-7-18-5-8-19(24-2)9-6-18/h3-6,8-11,13-14,16,21H,7,12,15H2,1-2H3. The number of aryl methyl sites for hydroxylation is 2. The zero-order chi connectivity index (χ0) is 17.5. The highest BCUT2D eigenvalue weighted by Crippen LogP contribution is 2.28. The van der Waals surface area contributed by atoms with Gasteiger partial charge in [-0.2, -0.15) is 0 Å². The Bertz CT molecular complexity index is 752. The van der Waals surface area contributed by atoms with Crippen LogP contribution >= 0.6 is 11.8 Å². The summed E-state index contributed by atoms with van der Waals surface area (Å²) in [6.07, 6.45) is 7.95. The van der Waals surface area contributed by atoms with Gasteiger partial charge >= 0.3 is 0 Å². The first-order chi connectivity index (χ1) is 12.2. The van der Waals surface area contributed by atoms with Crippen LogP contribution in [-0.4, -0.2) is 21.9 Å². The van der Waals surface area contributed by atoms with Crippen LogP contribution in [0.4, 0.5) is 0 Å². The van der Waals surface area contributed by atoms with E-state index in [-0.39, 0.29) is 0 Å². The van der Waals surface area contributed by atoms with Gasteiger partial charge in [0.05, 0.1) is 13.4 Å². The number of rotatable bonds is 8. The second-order valence-corrected chi connectivity index (χ2v) is 7.57. The van der Waals surface area contributed by atoms with Crippen molar-refractivity contribution < 1.29 is 4.74 Å². The summed E-state index contributed by atoms with van der Waals surface area (Å²) in [6, 6.07) is 17.2. The molecule has 0 saturated carbocycles. The van der Waals surface area contributed by atoms with Crippen molar-refractivity contribution >= 4 is 11.8 Å². The van der Waals surface area contributed by atoms with Gasteiger partial charge in [0, 0.05) is 29.1 Å². The van der Waals surface area contributed by atoms with Crippen molar-refractivity contribution in [2.75, 3.05) is 7.11 Å². The summed E-state index contributed by atoms with van der Waals surface area (Å²) in [5.74, 6) is 0.910. The van der Waals surface area contributed by atoms with Crippen LogP contribution in [0, 0.1) is 6.92 Å². The lowest BCUT2D eigenvalue weighted by molar-refractivity contribution is 0.414. The molecule has 0 saturated heterocycles. The van der Waals surface area contributed by atoms with Crippen molar-refractivity contribution in [2.45, 2.75) is 36.5 Å². The topological polar surface area (TPSA) is 27.1 Å². The highest BCUT2D eigenvalue weighted by atomic mass is 32.2. The van der Waals surface area contributed by atoms with E-state index in [1.165, 1.54) is 16.0 Å². The monoisotopic (exact) mass is 352 g/mol. The summed E-state index contributed by atoms with van der Waals surface area (Å²) >= 11 is 1.95. The number of ether oxygens (including phenoxy) is 1. The van der Waals surface area contributed by atoms with E-state index >= 15 is 0 Å². The molecule has 0 bridgehead atoms. The average molecular weight is 353 g/mol. The summed E-state index contributed by atoms with van der Waals surface area (Å²) in [5, 5.41) is 0.499. The first-order valence-corrected chi connectivity index (χ1v) is 9.43. The smallest absolute Gasteiger partial charge is 0.118 e. The first-order valence-electron chi connectivity index (χ1n) is 8.55. The highest BCUT2D eigenvalue weighted by Gasteiger charge is 2.12. The molecule has 130 valence electrons. The quantitative estimate of drug-likeness (QED) is 0.534. The Balaban J connectivity index is 1.65. The molecule has 1 aromatic heterocycles. The molecule has 0 amide bonds. The number of aromatic nitrogens is 2. The van der Waals surface area contributed by atoms with Gasteiger partial charge in [-0.1, -0.05) is 29.8 Å². The minimum atomic E-state index is 0.499. The molecule has 0 radical (unpaired) electrons. The molecular formula is C21H24N2OS. The third-order valence-corrected chi connectivity index (χ3v) is 5.47. The summed E-state index contributed by atoms with van der Waals surface area (Å²) in [5.41, 5.74) is 2.65. The predicted molar refractivity (Wildman–Crippen MR) is 104 cm³/mol. The Morgan fingerprint density at radius 3 is 2.48 bits per heavy atom. The number of methoxy groups -OCH3 is 1. The van der Waals surface area contributed by atoms with Crippen molar-refractivity contribution in [2.24, 2.45) is 0 Å². The lowest BCUT2D eigenvalue weighted by Crippen LogP contribution is -2.13. The fourth-order valence-corrected chi connectivity index (χ4v) is 3.91. The van der Waals surface area contributed by atoms with Gasteiger partial charge in [0.15, 0.2) is 0 Å². The molecule has 1 unspecified atom stereocenters. The number of hydrogen-bond donors (Lipinski definition) is 0. The number of benzene rings is 2. The van der Waals surface area contributed by atoms with E-state index in [1.54, 1.807) is 7.11 Å². The molecule has 3 aromatic rings. The number of nitrogens with zero attached hydrogens (tertiary/aromatic N) is 2. The lowest BCUT2D eigenvalue weighted by atomic mass is 10.1. The molecule has 3 rings (SSSR count). The Hall–Kier alpha value is -2.20. The van der Waals surface area contributed by atoms with Crippen molar-refractivity contribution in [3.05, 3.63) is 78.4 Å². The van der Waals surface area contributed by atoms with Crippen LogP contribution in [0.5, 0.6) is 5.75 Å². The van der Waals surface area contributed by atoms with Crippen LogP contribution in [0.25, 0.3) is 0 Å². The van der Waals surface area contributed by atoms with E-state index in [1.807, 2.05) is 42.6 Å². The zero-order valence-corrected chi connectivity index (χ0v) is 15.6. The fraction of sp³-hybridized carbons (Fsp3) is 0.286. The number of hydrogen-bond acceptors (Lipinski definition) is 3. The van der Waals surface area contributed by atoms with Gasteiger partial charge in [0.2, 0.25) is 0 Å². The van der Waals surface area contributed by atoms with E-state index in [2.05, 4.69) is 52.9 Å². The van der Waals surface area contributed by atoms with Crippen molar-refractivity contribution in [3.63, 3.8) is 0 Å². The maximum Gasteiger partial charge on any atom is 0.118 e. The number of thioether (sulfide) groups is 1. The average Bonchev–Trinajstić information content (AvgIpc) is 3.15. The largest absolute Gasteiger partial charge is 0.497 e. The Labute approximate surface area is 154 Å². The Morgan fingerprint density at radius 1 is 1.08 bits per heavy atom. The van der Waals surface area contributed by atoms with Gasteiger partial charge in [-0.05, 0) is 49.6 Å². The lowest BCUT2D eigenvalue weighted by Gasteiger charge is -2.17. The van der Waals surface area contributed by atoms with Gasteiger partial charge in [0.25, 0.3) is 0 Å². The van der Waals surface area contributed by atoms with Crippen molar-refractivity contribution in [3.8, 4) is 5.75 Å². The maximum atomic E-state index is 5.24. The summed E-state index contributed by atoms with van der Waals surface area (Å²) in [6.45, 7) is 3.09. The van der Waals surface area contributed by atoms with Crippen LogP contribution in [-0.2, 0) is 13.0 Å². The van der Waals surface area contributed by atoms with Gasteiger partial charge in [0.1, 0.15) is 5.75 Å². The normalized spacial score (nSPS) is 12.1. The summed E-state index contributed by atoms with van der Waals surface area (Å²) < 4.78 is 7.41. The minimum absolute atomic E-state index is 0.499. The SMILES string of the molecule is COc1ccc(CCC(Cn2ccnc2)Sc2ccc(C)cc2)cc1. The molecular weight excluding hydrogens is 328 g/mol. The Kier molecular flexibility index (Phi) is 6.18. The van der Waals surface area contributed by atoms with Crippen LogP contribution in [0.3, 0.4) is 0 Å². The number of imidazole rings is 1. The van der Waals surface area contributed by atoms with E-state index in [9.17, 15) is 0 Å². The molecule has 0 spiro atoms.